The van der Waals surface area contributed by atoms with E-state index in [-0.39, 0.29) is 0 Å². The van der Waals surface area contributed by atoms with Crippen molar-refractivity contribution < 1.29 is 9.53 Å². The third-order valence-corrected chi connectivity index (χ3v) is 3.72. The van der Waals surface area contributed by atoms with Crippen LogP contribution < -0.4 is 4.74 Å². The van der Waals surface area contributed by atoms with Crippen LogP contribution in [0, 0.1) is 0 Å². The van der Waals surface area contributed by atoms with Gasteiger partial charge < -0.3 is 4.74 Å². The smallest absolute Gasteiger partial charge is 0.170 e. The molecule has 0 atom stereocenters. The van der Waals surface area contributed by atoms with Crippen molar-refractivity contribution in [2.24, 2.45) is 0 Å². The minimum absolute atomic E-state index is 0.412. The summed E-state index contributed by atoms with van der Waals surface area (Å²) in [6.07, 6.45) is 2.65. The van der Waals surface area contributed by atoms with Crippen LogP contribution in [-0.2, 0) is 0 Å². The molecule has 3 rings (SSSR count). The second-order valence-corrected chi connectivity index (χ2v) is 5.10. The summed E-state index contributed by atoms with van der Waals surface area (Å²) >= 11 is 3.46. The van der Waals surface area contributed by atoms with Crippen molar-refractivity contribution >= 4 is 27.7 Å². The third kappa shape index (κ3) is 2.00. The van der Waals surface area contributed by atoms with Crippen LogP contribution in [0.15, 0.2) is 47.1 Å². The number of nitrogens with zero attached hydrogens (tertiary/aromatic N) is 2. The van der Waals surface area contributed by atoms with E-state index in [0.29, 0.717) is 11.5 Å². The van der Waals surface area contributed by atoms with E-state index in [1.54, 1.807) is 7.11 Å². The number of imidazole rings is 1. The second-order valence-electron chi connectivity index (χ2n) is 4.25. The van der Waals surface area contributed by atoms with Crippen LogP contribution in [0.4, 0.5) is 0 Å². The molecule has 4 nitrogen and oxygen atoms in total. The highest BCUT2D eigenvalue weighted by Gasteiger charge is 2.14. The van der Waals surface area contributed by atoms with Crippen molar-refractivity contribution in [2.45, 2.75) is 0 Å². The Morgan fingerprint density at radius 1 is 1.30 bits per heavy atom. The number of benzene rings is 1. The monoisotopic (exact) mass is 330 g/mol. The Hall–Kier alpha value is -2.14. The lowest BCUT2D eigenvalue weighted by Crippen LogP contribution is -1.90. The molecular formula is C15H11BrN2O2. The molecule has 1 aromatic carbocycles. The first kappa shape index (κ1) is 12.9. The summed E-state index contributed by atoms with van der Waals surface area (Å²) in [6.45, 7) is 0. The normalized spacial score (nSPS) is 10.7. The van der Waals surface area contributed by atoms with Gasteiger partial charge in [0.05, 0.1) is 12.6 Å². The molecule has 0 saturated heterocycles. The Morgan fingerprint density at radius 3 is 2.90 bits per heavy atom. The molecule has 20 heavy (non-hydrogen) atoms. The number of carbonyl (C=O) groups is 1. The minimum Gasteiger partial charge on any atom is -0.497 e. The number of aldehydes is 1. The van der Waals surface area contributed by atoms with E-state index in [9.17, 15) is 4.79 Å². The van der Waals surface area contributed by atoms with Crippen LogP contribution in [0.5, 0.6) is 5.75 Å². The lowest BCUT2D eigenvalue weighted by Gasteiger charge is -2.04. The molecule has 0 radical (unpaired) electrons. The highest BCUT2D eigenvalue weighted by Crippen LogP contribution is 2.28. The summed E-state index contributed by atoms with van der Waals surface area (Å²) in [4.78, 5) is 15.6. The topological polar surface area (TPSA) is 43.6 Å². The van der Waals surface area contributed by atoms with Crippen LogP contribution in [-0.4, -0.2) is 22.8 Å². The van der Waals surface area contributed by atoms with Crippen molar-refractivity contribution in [2.75, 3.05) is 7.11 Å². The van der Waals surface area contributed by atoms with Crippen molar-refractivity contribution in [3.05, 3.63) is 52.8 Å². The average Bonchev–Trinajstić information content (AvgIpc) is 2.87. The molecule has 0 spiro atoms. The van der Waals surface area contributed by atoms with Crippen LogP contribution in [0.1, 0.15) is 10.5 Å². The van der Waals surface area contributed by atoms with Gasteiger partial charge in [0, 0.05) is 16.2 Å². The summed E-state index contributed by atoms with van der Waals surface area (Å²) in [6, 6.07) is 11.4. The van der Waals surface area contributed by atoms with Gasteiger partial charge in [-0.15, -0.1) is 0 Å². The Balaban J connectivity index is 2.31. The van der Waals surface area contributed by atoms with E-state index in [1.165, 1.54) is 0 Å². The van der Waals surface area contributed by atoms with E-state index >= 15 is 0 Å². The van der Waals surface area contributed by atoms with Gasteiger partial charge in [-0.2, -0.15) is 0 Å². The molecule has 5 heteroatoms. The fourth-order valence-corrected chi connectivity index (χ4v) is 2.72. The lowest BCUT2D eigenvalue weighted by molar-refractivity contribution is 0.112. The van der Waals surface area contributed by atoms with Crippen LogP contribution in [0.2, 0.25) is 0 Å². The number of pyridine rings is 1. The summed E-state index contributed by atoms with van der Waals surface area (Å²) in [5.41, 5.74) is 2.07. The molecule has 0 N–H and O–H groups in total. The number of hydrogen-bond acceptors (Lipinski definition) is 3. The molecule has 0 bridgehead atoms. The van der Waals surface area contributed by atoms with Gasteiger partial charge >= 0.3 is 0 Å². The van der Waals surface area contributed by atoms with Gasteiger partial charge in [-0.3, -0.25) is 9.20 Å². The van der Waals surface area contributed by atoms with Crippen molar-refractivity contribution in [3.8, 4) is 17.1 Å². The van der Waals surface area contributed by atoms with Crippen molar-refractivity contribution in [3.63, 3.8) is 0 Å². The maximum atomic E-state index is 11.2. The van der Waals surface area contributed by atoms with E-state index in [4.69, 9.17) is 4.74 Å². The van der Waals surface area contributed by atoms with Gasteiger partial charge in [0.1, 0.15) is 17.3 Å². The van der Waals surface area contributed by atoms with Crippen molar-refractivity contribution in [1.82, 2.24) is 9.38 Å². The number of carbonyl (C=O) groups excluding carboxylic acids is 1. The van der Waals surface area contributed by atoms with Gasteiger partial charge in [-0.05, 0) is 40.2 Å². The number of methoxy groups -OCH3 is 1. The zero-order chi connectivity index (χ0) is 14.1. The SMILES string of the molecule is COc1cccc(-c2nc(C=O)c3c(Br)cccn23)c1. The van der Waals surface area contributed by atoms with Crippen LogP contribution >= 0.6 is 15.9 Å². The number of rotatable bonds is 3. The van der Waals surface area contributed by atoms with Gasteiger partial charge in [0.15, 0.2) is 6.29 Å². The van der Waals surface area contributed by atoms with Crippen LogP contribution in [0.3, 0.4) is 0 Å². The van der Waals surface area contributed by atoms with Gasteiger partial charge in [-0.25, -0.2) is 4.98 Å². The average molecular weight is 331 g/mol. The molecule has 0 fully saturated rings. The Kier molecular flexibility index (Phi) is 3.28. The van der Waals surface area contributed by atoms with E-state index < -0.39 is 0 Å². The lowest BCUT2D eigenvalue weighted by atomic mass is 10.2. The molecule has 0 saturated carbocycles. The summed E-state index contributed by atoms with van der Waals surface area (Å²) < 4.78 is 7.96. The van der Waals surface area contributed by atoms with Gasteiger partial charge in [0.25, 0.3) is 0 Å². The number of ether oxygens (including phenoxy) is 1. The third-order valence-electron chi connectivity index (χ3n) is 3.08. The maximum Gasteiger partial charge on any atom is 0.170 e. The standard InChI is InChI=1S/C15H11BrN2O2/c1-20-11-5-2-4-10(8-11)15-17-13(9-19)14-12(16)6-3-7-18(14)15/h2-9H,1H3. The molecule has 2 heterocycles. The number of halogens is 1. The maximum absolute atomic E-state index is 11.2. The van der Waals surface area contributed by atoms with E-state index in [2.05, 4.69) is 20.9 Å². The summed E-state index contributed by atoms with van der Waals surface area (Å²) in [5, 5.41) is 0. The van der Waals surface area contributed by atoms with Gasteiger partial charge in [-0.1, -0.05) is 12.1 Å². The zero-order valence-electron chi connectivity index (χ0n) is 10.7. The molecule has 0 aliphatic rings. The largest absolute Gasteiger partial charge is 0.497 e. The number of hydrogen-bond donors (Lipinski definition) is 0. The zero-order valence-corrected chi connectivity index (χ0v) is 12.3. The molecule has 0 unspecified atom stereocenters. The molecule has 0 amide bonds. The predicted octanol–water partition coefficient (Wildman–Crippen LogP) is 3.58. The van der Waals surface area contributed by atoms with E-state index in [0.717, 1.165) is 27.6 Å². The van der Waals surface area contributed by atoms with Crippen LogP contribution in [0.25, 0.3) is 16.9 Å². The Morgan fingerprint density at radius 2 is 2.15 bits per heavy atom. The predicted molar refractivity (Wildman–Crippen MR) is 80.3 cm³/mol. The molecule has 2 aromatic heterocycles. The minimum atomic E-state index is 0.412. The molecule has 0 aliphatic heterocycles. The quantitative estimate of drug-likeness (QED) is 0.689. The number of fused-ring (bicyclic) bond motifs is 1. The fraction of sp³-hybridized carbons (Fsp3) is 0.0667. The Bertz CT molecular complexity index is 796. The van der Waals surface area contributed by atoms with Crippen molar-refractivity contribution in [1.29, 1.82) is 0 Å². The molecule has 100 valence electrons. The van der Waals surface area contributed by atoms with Gasteiger partial charge in [0.2, 0.25) is 0 Å². The first-order valence-corrected chi connectivity index (χ1v) is 6.80. The molecule has 0 aliphatic carbocycles. The highest BCUT2D eigenvalue weighted by molar-refractivity contribution is 9.10. The fourth-order valence-electron chi connectivity index (χ4n) is 2.17. The highest BCUT2D eigenvalue weighted by atomic mass is 79.9. The first-order valence-electron chi connectivity index (χ1n) is 6.01. The first-order chi connectivity index (χ1) is 9.74. The van der Waals surface area contributed by atoms with E-state index in [1.807, 2.05) is 47.0 Å². The Labute approximate surface area is 124 Å². The molecule has 3 aromatic rings. The summed E-state index contributed by atoms with van der Waals surface area (Å²) in [7, 11) is 1.62. The molecular weight excluding hydrogens is 320 g/mol. The second kappa shape index (κ2) is 5.09. The summed E-state index contributed by atoms with van der Waals surface area (Å²) in [5.74, 6) is 1.46. The number of aromatic nitrogens is 2.